The molecule has 0 aliphatic heterocycles. The number of carbonyl (C=O) groups excluding carboxylic acids is 5. The third kappa shape index (κ3) is 10.9. The highest BCUT2D eigenvalue weighted by Crippen LogP contribution is 2.37. The molecule has 0 aromatic heterocycles. The number of ether oxygens (including phenoxy) is 2. The van der Waals surface area contributed by atoms with Gasteiger partial charge in [0.15, 0.2) is 6.10 Å². The summed E-state index contributed by atoms with van der Waals surface area (Å²) in [4.78, 5) is 65.5. The normalized spacial score (nSPS) is 13.0. The Kier molecular flexibility index (Phi) is 13.3. The van der Waals surface area contributed by atoms with Crippen LogP contribution in [0.1, 0.15) is 56.4 Å². The number of benzene rings is 4. The minimum absolute atomic E-state index is 0.0427. The number of hydrogen-bond donors (Lipinski definition) is 6. The number of rotatable bonds is 15. The third-order valence-corrected chi connectivity index (χ3v) is 8.19. The van der Waals surface area contributed by atoms with Crippen molar-refractivity contribution in [3.05, 3.63) is 138 Å². The Morgan fingerprint density at radius 1 is 0.660 bits per heavy atom. The van der Waals surface area contributed by atoms with Gasteiger partial charge in [0, 0.05) is 6.42 Å². The van der Waals surface area contributed by atoms with E-state index in [4.69, 9.17) is 21.1 Å². The molecule has 3 atom stereocenters. The predicted octanol–water partition coefficient (Wildman–Crippen LogP) is 3.35. The topological polar surface area (TPSA) is 204 Å². The number of nitrogens with one attached hydrogen (secondary N) is 4. The molecule has 0 aliphatic carbocycles. The lowest BCUT2D eigenvalue weighted by Crippen LogP contribution is -2.58. The molecule has 278 valence electrons. The molecule has 0 radical (unpaired) electrons. The lowest BCUT2D eigenvalue weighted by Gasteiger charge is -2.37. The zero-order valence-electron chi connectivity index (χ0n) is 30.1. The van der Waals surface area contributed by atoms with Gasteiger partial charge in [-0.1, -0.05) is 103 Å². The number of primary amides is 1. The highest BCUT2D eigenvalue weighted by atomic mass is 16.6. The highest BCUT2D eigenvalue weighted by molar-refractivity contribution is 5.95. The summed E-state index contributed by atoms with van der Waals surface area (Å²) >= 11 is 0. The maximum absolute atomic E-state index is 14.1. The fourth-order valence-electron chi connectivity index (χ4n) is 5.82. The quantitative estimate of drug-likeness (QED) is 0.0464. The van der Waals surface area contributed by atoms with Gasteiger partial charge in [0.2, 0.25) is 11.8 Å². The van der Waals surface area contributed by atoms with E-state index >= 15 is 0 Å². The first kappa shape index (κ1) is 39.6. The molecule has 4 aromatic rings. The molecule has 0 saturated heterocycles. The first-order valence-electron chi connectivity index (χ1n) is 17.0. The van der Waals surface area contributed by atoms with E-state index in [2.05, 4.69) is 16.0 Å². The summed E-state index contributed by atoms with van der Waals surface area (Å²) in [5, 5.41) is 8.32. The van der Waals surface area contributed by atoms with Gasteiger partial charge in [-0.3, -0.25) is 24.6 Å². The second-order valence-corrected chi connectivity index (χ2v) is 13.4. The van der Waals surface area contributed by atoms with Gasteiger partial charge in [-0.05, 0) is 62.1 Å². The van der Waals surface area contributed by atoms with Crippen LogP contribution in [0.3, 0.4) is 0 Å². The lowest BCUT2D eigenvalue weighted by atomic mass is 9.77. The van der Waals surface area contributed by atoms with E-state index in [0.29, 0.717) is 11.3 Å². The van der Waals surface area contributed by atoms with Crippen LogP contribution in [-0.2, 0) is 35.9 Å². The Labute approximate surface area is 308 Å². The molecule has 13 nitrogen and oxygen atoms in total. The Bertz CT molecular complexity index is 1750. The van der Waals surface area contributed by atoms with Gasteiger partial charge in [0.1, 0.15) is 29.0 Å². The van der Waals surface area contributed by atoms with Gasteiger partial charge in [-0.25, -0.2) is 10.6 Å². The van der Waals surface area contributed by atoms with Crippen molar-refractivity contribution in [2.24, 2.45) is 11.6 Å². The summed E-state index contributed by atoms with van der Waals surface area (Å²) in [7, 11) is 0. The maximum Gasteiger partial charge on any atom is 0.405 e. The molecular formula is C40H46N6O7. The molecule has 0 spiro atoms. The SMILES string of the molecule is C[C@H](OC(N)=O)C(=O)N[C@@H](Cc1ccc(OC(C)(C)C)cc1)C(=O)N[C@@H](CC(=O)NC(c1ccccc1)(c1ccccc1)c1ccccc1)C(=O)NN. The van der Waals surface area contributed by atoms with Crippen molar-refractivity contribution >= 4 is 29.7 Å². The van der Waals surface area contributed by atoms with E-state index in [1.54, 1.807) is 24.3 Å². The maximum atomic E-state index is 14.1. The number of hydrogen-bond acceptors (Lipinski definition) is 8. The number of nitrogens with two attached hydrogens (primary N) is 2. The Morgan fingerprint density at radius 3 is 1.57 bits per heavy atom. The van der Waals surface area contributed by atoms with E-state index in [9.17, 15) is 24.0 Å². The summed E-state index contributed by atoms with van der Waals surface area (Å²) in [6, 6.07) is 32.3. The van der Waals surface area contributed by atoms with E-state index in [0.717, 1.165) is 16.7 Å². The molecular weight excluding hydrogens is 676 g/mol. The van der Waals surface area contributed by atoms with Crippen LogP contribution < -0.4 is 37.7 Å². The van der Waals surface area contributed by atoms with Crippen LogP contribution in [0, 0.1) is 0 Å². The first-order chi connectivity index (χ1) is 25.2. The molecule has 5 amide bonds. The molecule has 0 bridgehead atoms. The van der Waals surface area contributed by atoms with Crippen LogP contribution in [0.4, 0.5) is 4.79 Å². The molecule has 13 heteroatoms. The molecule has 8 N–H and O–H groups in total. The summed E-state index contributed by atoms with van der Waals surface area (Å²) in [6.07, 6.45) is -3.07. The second kappa shape index (κ2) is 17.8. The van der Waals surface area contributed by atoms with Crippen LogP contribution in [0.15, 0.2) is 115 Å². The minimum Gasteiger partial charge on any atom is -0.488 e. The van der Waals surface area contributed by atoms with Crippen molar-refractivity contribution in [2.75, 3.05) is 0 Å². The Morgan fingerprint density at radius 2 is 1.13 bits per heavy atom. The molecule has 0 heterocycles. The van der Waals surface area contributed by atoms with Crippen LogP contribution in [0.2, 0.25) is 0 Å². The first-order valence-corrected chi connectivity index (χ1v) is 17.0. The fourth-order valence-corrected chi connectivity index (χ4v) is 5.82. The largest absolute Gasteiger partial charge is 0.488 e. The summed E-state index contributed by atoms with van der Waals surface area (Å²) in [5.41, 5.74) is 8.37. The van der Waals surface area contributed by atoms with Crippen LogP contribution >= 0.6 is 0 Å². The van der Waals surface area contributed by atoms with Gasteiger partial charge in [-0.15, -0.1) is 0 Å². The molecule has 4 aromatic carbocycles. The number of amides is 5. The monoisotopic (exact) mass is 722 g/mol. The average molecular weight is 723 g/mol. The standard InChI is InChI=1S/C40H46N6O7/c1-26(52-38(41)51)35(48)43-32(24-27-20-22-31(23-21-27)53-39(2,3)4)36(49)44-33(37(50)46-42)25-34(47)45-40(28-14-8-5-9-15-28,29-16-10-6-11-17-29)30-18-12-7-13-19-30/h5-23,26,32-33H,24-25,42H2,1-4H3,(H2,41,51)(H,43,48)(H,44,49)(H,45,47)(H,46,50)/t26-,32-,33-/m0/s1. The zero-order valence-corrected chi connectivity index (χ0v) is 30.1. The van der Waals surface area contributed by atoms with Gasteiger partial charge in [0.25, 0.3) is 11.8 Å². The Hall–Kier alpha value is -6.21. The summed E-state index contributed by atoms with van der Waals surface area (Å²) in [5.74, 6) is 3.06. The lowest BCUT2D eigenvalue weighted by molar-refractivity contribution is -0.135. The van der Waals surface area contributed by atoms with Crippen LogP contribution in [-0.4, -0.2) is 53.5 Å². The fraction of sp³-hybridized carbons (Fsp3) is 0.275. The van der Waals surface area contributed by atoms with Crippen molar-refractivity contribution in [1.82, 2.24) is 21.4 Å². The Balaban J connectivity index is 1.64. The van der Waals surface area contributed by atoms with Gasteiger partial charge in [-0.2, -0.15) is 0 Å². The van der Waals surface area contributed by atoms with E-state index in [1.807, 2.05) is 117 Å². The average Bonchev–Trinajstić information content (AvgIpc) is 3.13. The molecule has 0 fully saturated rings. The van der Waals surface area contributed by atoms with Crippen molar-refractivity contribution < 1.29 is 33.4 Å². The predicted molar refractivity (Wildman–Crippen MR) is 199 cm³/mol. The van der Waals surface area contributed by atoms with Crippen molar-refractivity contribution in [1.29, 1.82) is 0 Å². The van der Waals surface area contributed by atoms with Gasteiger partial charge >= 0.3 is 6.09 Å². The molecule has 0 unspecified atom stereocenters. The molecule has 0 aliphatic rings. The summed E-state index contributed by atoms with van der Waals surface area (Å²) < 4.78 is 10.7. The van der Waals surface area contributed by atoms with E-state index in [1.165, 1.54) is 6.92 Å². The second-order valence-electron chi connectivity index (χ2n) is 13.4. The van der Waals surface area contributed by atoms with Crippen LogP contribution in [0.25, 0.3) is 0 Å². The van der Waals surface area contributed by atoms with Gasteiger partial charge in [0.05, 0.1) is 6.42 Å². The molecule has 4 rings (SSSR count). The third-order valence-electron chi connectivity index (χ3n) is 8.19. The van der Waals surface area contributed by atoms with E-state index in [-0.39, 0.29) is 6.42 Å². The van der Waals surface area contributed by atoms with Gasteiger partial charge < -0.3 is 31.2 Å². The highest BCUT2D eigenvalue weighted by Gasteiger charge is 2.39. The number of hydrazine groups is 1. The van der Waals surface area contributed by atoms with Crippen molar-refractivity contribution in [2.45, 2.75) is 69.9 Å². The van der Waals surface area contributed by atoms with Crippen molar-refractivity contribution in [3.8, 4) is 5.75 Å². The minimum atomic E-state index is -1.46. The summed E-state index contributed by atoms with van der Waals surface area (Å²) in [6.45, 7) is 7.02. The molecule has 0 saturated carbocycles. The zero-order chi connectivity index (χ0) is 38.6. The molecule has 53 heavy (non-hydrogen) atoms. The number of carbonyl (C=O) groups is 5. The van der Waals surface area contributed by atoms with E-state index < -0.39 is 65.5 Å². The van der Waals surface area contributed by atoms with Crippen LogP contribution in [0.5, 0.6) is 5.75 Å². The van der Waals surface area contributed by atoms with Crippen molar-refractivity contribution in [3.63, 3.8) is 0 Å². The smallest absolute Gasteiger partial charge is 0.405 e.